The number of carbonyl (C=O) groups is 1. The smallest absolute Gasteiger partial charge is 0.226 e. The van der Waals surface area contributed by atoms with Gasteiger partial charge in [-0.05, 0) is 36.8 Å². The fourth-order valence-corrected chi connectivity index (χ4v) is 4.61. The van der Waals surface area contributed by atoms with Gasteiger partial charge in [0, 0.05) is 23.8 Å². The van der Waals surface area contributed by atoms with E-state index in [2.05, 4.69) is 29.2 Å². The van der Waals surface area contributed by atoms with Gasteiger partial charge in [0.25, 0.3) is 0 Å². The first kappa shape index (κ1) is 13.9. The van der Waals surface area contributed by atoms with E-state index in [1.54, 1.807) is 11.3 Å². The summed E-state index contributed by atoms with van der Waals surface area (Å²) in [6, 6.07) is 8.70. The van der Waals surface area contributed by atoms with Gasteiger partial charge in [-0.3, -0.25) is 4.79 Å². The number of rotatable bonds is 3. The van der Waals surface area contributed by atoms with Crippen LogP contribution < -0.4 is 0 Å². The molecule has 1 aromatic heterocycles. The molecule has 22 heavy (non-hydrogen) atoms. The Kier molecular flexibility index (Phi) is 3.30. The molecule has 0 aliphatic heterocycles. The van der Waals surface area contributed by atoms with Crippen molar-refractivity contribution in [3.05, 3.63) is 52.0 Å². The number of hydrogen-bond donors (Lipinski definition) is 0. The van der Waals surface area contributed by atoms with Crippen molar-refractivity contribution in [2.75, 3.05) is 7.05 Å². The van der Waals surface area contributed by atoms with Gasteiger partial charge in [-0.1, -0.05) is 24.3 Å². The Morgan fingerprint density at radius 3 is 3.14 bits per heavy atom. The quantitative estimate of drug-likeness (QED) is 0.870. The molecule has 0 saturated heterocycles. The molecule has 1 amide bonds. The monoisotopic (exact) mass is 312 g/mol. The maximum Gasteiger partial charge on any atom is 0.226 e. The molecule has 1 spiro atoms. The third-order valence-corrected chi connectivity index (χ3v) is 5.89. The van der Waals surface area contributed by atoms with E-state index in [4.69, 9.17) is 0 Å². The molecule has 2 aliphatic carbocycles. The van der Waals surface area contributed by atoms with E-state index in [-0.39, 0.29) is 17.2 Å². The fraction of sp³-hybridized carbons (Fsp3) is 0.444. The minimum atomic E-state index is 0.127. The van der Waals surface area contributed by atoms with Crippen molar-refractivity contribution in [3.8, 4) is 0 Å². The predicted molar refractivity (Wildman–Crippen MR) is 87.8 cm³/mol. The largest absolute Gasteiger partial charge is 0.340 e. The first-order valence-corrected chi connectivity index (χ1v) is 8.85. The SMILES string of the molecule is CN(Cc1cscn1)C(=O)C1CC12CCCc1ccccc12. The normalized spacial score (nSPS) is 25.8. The van der Waals surface area contributed by atoms with Gasteiger partial charge in [0.1, 0.15) is 0 Å². The number of hydrogen-bond acceptors (Lipinski definition) is 3. The van der Waals surface area contributed by atoms with Gasteiger partial charge in [0.05, 0.1) is 17.7 Å². The first-order chi connectivity index (χ1) is 10.7. The highest BCUT2D eigenvalue weighted by Gasteiger charge is 2.60. The van der Waals surface area contributed by atoms with Crippen LogP contribution in [0.25, 0.3) is 0 Å². The summed E-state index contributed by atoms with van der Waals surface area (Å²) in [5.74, 6) is 0.447. The highest BCUT2D eigenvalue weighted by Crippen LogP contribution is 2.60. The second-order valence-electron chi connectivity index (χ2n) is 6.60. The van der Waals surface area contributed by atoms with Crippen molar-refractivity contribution in [2.45, 2.75) is 37.6 Å². The lowest BCUT2D eigenvalue weighted by Gasteiger charge is -2.27. The van der Waals surface area contributed by atoms with E-state index < -0.39 is 0 Å². The van der Waals surface area contributed by atoms with Crippen molar-refractivity contribution in [1.29, 1.82) is 0 Å². The van der Waals surface area contributed by atoms with E-state index in [9.17, 15) is 4.79 Å². The topological polar surface area (TPSA) is 33.2 Å². The molecular formula is C18H20N2OS. The molecule has 2 aliphatic rings. The molecule has 4 rings (SSSR count). The van der Waals surface area contributed by atoms with Crippen molar-refractivity contribution < 1.29 is 4.79 Å². The van der Waals surface area contributed by atoms with E-state index in [1.807, 2.05) is 22.8 Å². The molecule has 0 bridgehead atoms. The lowest BCUT2D eigenvalue weighted by molar-refractivity contribution is -0.132. The summed E-state index contributed by atoms with van der Waals surface area (Å²) in [6.07, 6.45) is 4.54. The van der Waals surface area contributed by atoms with Crippen LogP contribution in [0, 0.1) is 5.92 Å². The second kappa shape index (κ2) is 5.20. The standard InChI is InChI=1S/C18H20N2OS/c1-20(10-14-11-22-12-19-14)17(21)16-9-18(16)8-4-6-13-5-2-3-7-15(13)18/h2-3,5,7,11-12,16H,4,6,8-10H2,1H3. The number of fused-ring (bicyclic) bond motifs is 2. The summed E-state index contributed by atoms with van der Waals surface area (Å²) in [4.78, 5) is 19.0. The number of aromatic nitrogens is 1. The van der Waals surface area contributed by atoms with Crippen molar-refractivity contribution in [1.82, 2.24) is 9.88 Å². The number of nitrogens with zero attached hydrogens (tertiary/aromatic N) is 2. The highest BCUT2D eigenvalue weighted by atomic mass is 32.1. The third kappa shape index (κ3) is 2.17. The summed E-state index contributed by atoms with van der Waals surface area (Å²) in [7, 11) is 1.91. The number of benzene rings is 1. The summed E-state index contributed by atoms with van der Waals surface area (Å²) >= 11 is 1.58. The van der Waals surface area contributed by atoms with E-state index in [1.165, 1.54) is 17.5 Å². The molecule has 2 unspecified atom stereocenters. The average molecular weight is 312 g/mol. The Bertz CT molecular complexity index is 697. The second-order valence-corrected chi connectivity index (χ2v) is 7.32. The minimum absolute atomic E-state index is 0.127. The van der Waals surface area contributed by atoms with Crippen LogP contribution in [-0.2, 0) is 23.2 Å². The number of amides is 1. The lowest BCUT2D eigenvalue weighted by Crippen LogP contribution is -2.31. The molecule has 1 saturated carbocycles. The number of carbonyl (C=O) groups excluding carboxylic acids is 1. The molecule has 0 radical (unpaired) electrons. The highest BCUT2D eigenvalue weighted by molar-refractivity contribution is 7.07. The van der Waals surface area contributed by atoms with E-state index in [0.717, 1.165) is 25.0 Å². The summed E-state index contributed by atoms with van der Waals surface area (Å²) in [5, 5.41) is 2.02. The minimum Gasteiger partial charge on any atom is -0.340 e. The number of aryl methyl sites for hydroxylation is 1. The summed E-state index contributed by atoms with van der Waals surface area (Å²) in [5.41, 5.74) is 5.82. The van der Waals surface area contributed by atoms with Gasteiger partial charge in [0.2, 0.25) is 5.91 Å². The van der Waals surface area contributed by atoms with Gasteiger partial charge in [-0.2, -0.15) is 0 Å². The maximum atomic E-state index is 12.8. The van der Waals surface area contributed by atoms with E-state index >= 15 is 0 Å². The molecule has 1 aromatic carbocycles. The van der Waals surface area contributed by atoms with Crippen LogP contribution in [0.4, 0.5) is 0 Å². The zero-order valence-corrected chi connectivity index (χ0v) is 13.6. The van der Waals surface area contributed by atoms with Crippen LogP contribution in [0.5, 0.6) is 0 Å². The molecule has 3 nitrogen and oxygen atoms in total. The maximum absolute atomic E-state index is 12.8. The van der Waals surface area contributed by atoms with Crippen molar-refractivity contribution in [2.24, 2.45) is 5.92 Å². The molecule has 1 fully saturated rings. The van der Waals surface area contributed by atoms with Gasteiger partial charge < -0.3 is 4.90 Å². The molecule has 2 atom stereocenters. The average Bonchev–Trinajstić information content (AvgIpc) is 3.00. The Morgan fingerprint density at radius 2 is 2.32 bits per heavy atom. The Labute approximate surface area is 135 Å². The van der Waals surface area contributed by atoms with Crippen LogP contribution in [-0.4, -0.2) is 22.8 Å². The molecule has 0 N–H and O–H groups in total. The Morgan fingerprint density at radius 1 is 1.45 bits per heavy atom. The van der Waals surface area contributed by atoms with Crippen LogP contribution in [0.3, 0.4) is 0 Å². The van der Waals surface area contributed by atoms with Crippen LogP contribution in [0.15, 0.2) is 35.2 Å². The van der Waals surface area contributed by atoms with Crippen LogP contribution >= 0.6 is 11.3 Å². The van der Waals surface area contributed by atoms with E-state index in [0.29, 0.717) is 6.54 Å². The van der Waals surface area contributed by atoms with Crippen molar-refractivity contribution >= 4 is 17.2 Å². The predicted octanol–water partition coefficient (Wildman–Crippen LogP) is 3.40. The van der Waals surface area contributed by atoms with Gasteiger partial charge in [0.15, 0.2) is 0 Å². The first-order valence-electron chi connectivity index (χ1n) is 7.91. The summed E-state index contributed by atoms with van der Waals surface area (Å²) < 4.78 is 0. The zero-order chi connectivity index (χ0) is 15.2. The van der Waals surface area contributed by atoms with Crippen LogP contribution in [0.2, 0.25) is 0 Å². The van der Waals surface area contributed by atoms with Gasteiger partial charge in [-0.15, -0.1) is 11.3 Å². The van der Waals surface area contributed by atoms with Gasteiger partial charge in [-0.25, -0.2) is 4.98 Å². The third-order valence-electron chi connectivity index (χ3n) is 5.26. The van der Waals surface area contributed by atoms with Crippen LogP contribution in [0.1, 0.15) is 36.1 Å². The zero-order valence-electron chi connectivity index (χ0n) is 12.8. The molecular weight excluding hydrogens is 292 g/mol. The molecule has 2 aromatic rings. The molecule has 1 heterocycles. The Balaban J connectivity index is 1.53. The molecule has 4 heteroatoms. The summed E-state index contributed by atoms with van der Waals surface area (Å²) in [6.45, 7) is 0.622. The van der Waals surface area contributed by atoms with Crippen molar-refractivity contribution in [3.63, 3.8) is 0 Å². The fourth-order valence-electron chi connectivity index (χ4n) is 4.06. The Hall–Kier alpha value is -1.68. The lowest BCUT2D eigenvalue weighted by atomic mass is 9.78. The number of thiazole rings is 1. The molecule has 114 valence electrons. The van der Waals surface area contributed by atoms with Gasteiger partial charge >= 0.3 is 0 Å².